The molecule has 0 aliphatic carbocycles. The lowest BCUT2D eigenvalue weighted by Crippen LogP contribution is -2.44. The van der Waals surface area contributed by atoms with Gasteiger partial charge in [-0.05, 0) is 31.5 Å². The number of benzene rings is 1. The molecule has 2 amide bonds. The first-order valence-electron chi connectivity index (χ1n) is 7.28. The lowest BCUT2D eigenvalue weighted by atomic mass is 9.96. The van der Waals surface area contributed by atoms with Crippen LogP contribution in [0.15, 0.2) is 29.6 Å². The highest BCUT2D eigenvalue weighted by atomic mass is 32.1. The van der Waals surface area contributed by atoms with Crippen LogP contribution in [0.2, 0.25) is 0 Å². The molecule has 0 radical (unpaired) electrons. The average Bonchev–Trinajstić information content (AvgIpc) is 2.91. The van der Waals surface area contributed by atoms with Crippen LogP contribution in [0, 0.1) is 12.7 Å². The summed E-state index contributed by atoms with van der Waals surface area (Å²) in [5.74, 6) is -0.368. The molecule has 7 heteroatoms. The van der Waals surface area contributed by atoms with Crippen molar-refractivity contribution < 1.29 is 14.3 Å². The van der Waals surface area contributed by atoms with Crippen molar-refractivity contribution in [1.29, 1.82) is 0 Å². The number of halogens is 1. The molecule has 23 heavy (non-hydrogen) atoms. The molecule has 0 aliphatic heterocycles. The van der Waals surface area contributed by atoms with Crippen LogP contribution in [0.25, 0.3) is 0 Å². The Bertz CT molecular complexity index is 656. The molecule has 1 aromatic heterocycles. The highest BCUT2D eigenvalue weighted by Crippen LogP contribution is 2.19. The van der Waals surface area contributed by atoms with Crippen molar-refractivity contribution in [2.24, 2.45) is 0 Å². The third kappa shape index (κ3) is 5.30. The minimum atomic E-state index is -1.27. The minimum absolute atomic E-state index is 0.0281. The molecule has 1 unspecified atom stereocenters. The third-order valence-electron chi connectivity index (χ3n) is 3.39. The van der Waals surface area contributed by atoms with E-state index in [9.17, 15) is 14.3 Å². The number of hydrogen-bond donors (Lipinski definition) is 3. The lowest BCUT2D eigenvalue weighted by molar-refractivity contribution is 0.0593. The molecule has 124 valence electrons. The number of rotatable bonds is 6. The molecule has 0 saturated heterocycles. The van der Waals surface area contributed by atoms with E-state index in [1.54, 1.807) is 18.3 Å². The summed E-state index contributed by atoms with van der Waals surface area (Å²) in [4.78, 5) is 16.1. The first kappa shape index (κ1) is 17.4. The van der Waals surface area contributed by atoms with Crippen LogP contribution in [-0.4, -0.2) is 29.2 Å². The normalized spacial score (nSPS) is 13.4. The summed E-state index contributed by atoms with van der Waals surface area (Å²) in [6.45, 7) is 4.00. The number of carbonyl (C=O) groups excluding carboxylic acids is 1. The zero-order valence-corrected chi connectivity index (χ0v) is 13.9. The van der Waals surface area contributed by atoms with Crippen molar-refractivity contribution >= 4 is 17.4 Å². The van der Waals surface area contributed by atoms with Crippen molar-refractivity contribution in [2.45, 2.75) is 25.9 Å². The molecule has 0 bridgehead atoms. The van der Waals surface area contributed by atoms with E-state index in [1.165, 1.54) is 24.3 Å². The summed E-state index contributed by atoms with van der Waals surface area (Å²) in [7, 11) is 0. The molecule has 2 aromatic rings. The summed E-state index contributed by atoms with van der Waals surface area (Å²) in [5, 5.41) is 18.7. The smallest absolute Gasteiger partial charge is 0.314 e. The molecule has 3 N–H and O–H groups in total. The average molecular weight is 337 g/mol. The summed E-state index contributed by atoms with van der Waals surface area (Å²) in [5.41, 5.74) is 0.222. The second kappa shape index (κ2) is 7.52. The SMILES string of the molecule is Cc1nc(CCNC(=O)NCC(C)(O)c2ccc(F)cc2)cs1. The van der Waals surface area contributed by atoms with E-state index >= 15 is 0 Å². The predicted molar refractivity (Wildman–Crippen MR) is 87.9 cm³/mol. The monoisotopic (exact) mass is 337 g/mol. The van der Waals surface area contributed by atoms with Gasteiger partial charge in [-0.3, -0.25) is 0 Å². The van der Waals surface area contributed by atoms with E-state index in [1.807, 2.05) is 12.3 Å². The molecule has 0 fully saturated rings. The molecule has 5 nitrogen and oxygen atoms in total. The van der Waals surface area contributed by atoms with Crippen molar-refractivity contribution in [3.05, 3.63) is 51.7 Å². The molecule has 0 spiro atoms. The molecule has 1 heterocycles. The minimum Gasteiger partial charge on any atom is -0.384 e. The largest absolute Gasteiger partial charge is 0.384 e. The Morgan fingerprint density at radius 2 is 2.04 bits per heavy atom. The van der Waals surface area contributed by atoms with Gasteiger partial charge in [0.15, 0.2) is 0 Å². The van der Waals surface area contributed by atoms with Gasteiger partial charge in [0, 0.05) is 18.3 Å². The van der Waals surface area contributed by atoms with Crippen molar-refractivity contribution in [3.63, 3.8) is 0 Å². The summed E-state index contributed by atoms with van der Waals surface area (Å²) in [6, 6.07) is 5.19. The molecule has 0 saturated carbocycles. The number of urea groups is 1. The molecular formula is C16H20FN3O2S. The van der Waals surface area contributed by atoms with Gasteiger partial charge in [-0.15, -0.1) is 11.3 Å². The summed E-state index contributed by atoms with van der Waals surface area (Å²) >= 11 is 1.58. The zero-order chi connectivity index (χ0) is 16.9. The number of amides is 2. The Morgan fingerprint density at radius 1 is 1.35 bits per heavy atom. The summed E-state index contributed by atoms with van der Waals surface area (Å²) < 4.78 is 12.9. The number of carbonyl (C=O) groups is 1. The van der Waals surface area contributed by atoms with Crippen molar-refractivity contribution in [2.75, 3.05) is 13.1 Å². The second-order valence-corrected chi connectivity index (χ2v) is 6.56. The molecule has 1 aromatic carbocycles. The number of nitrogens with one attached hydrogen (secondary N) is 2. The van der Waals surface area contributed by atoms with E-state index in [-0.39, 0.29) is 18.4 Å². The molecule has 0 aliphatic rings. The van der Waals surface area contributed by atoms with E-state index in [0.29, 0.717) is 18.5 Å². The molecule has 1 atom stereocenters. The maximum Gasteiger partial charge on any atom is 0.314 e. The highest BCUT2D eigenvalue weighted by molar-refractivity contribution is 7.09. The first-order valence-corrected chi connectivity index (χ1v) is 8.16. The fraction of sp³-hybridized carbons (Fsp3) is 0.375. The number of hydrogen-bond acceptors (Lipinski definition) is 4. The van der Waals surface area contributed by atoms with Gasteiger partial charge in [0.1, 0.15) is 11.4 Å². The van der Waals surface area contributed by atoms with Crippen LogP contribution in [0.4, 0.5) is 9.18 Å². The Balaban J connectivity index is 1.75. The Morgan fingerprint density at radius 3 is 2.65 bits per heavy atom. The number of nitrogens with zero attached hydrogens (tertiary/aromatic N) is 1. The number of aryl methyl sites for hydroxylation is 1. The zero-order valence-electron chi connectivity index (χ0n) is 13.1. The number of thiazole rings is 1. The van der Waals surface area contributed by atoms with Gasteiger partial charge in [-0.25, -0.2) is 14.2 Å². The van der Waals surface area contributed by atoms with E-state index in [0.717, 1.165) is 10.7 Å². The van der Waals surface area contributed by atoms with Gasteiger partial charge >= 0.3 is 6.03 Å². The Kier molecular flexibility index (Phi) is 5.68. The van der Waals surface area contributed by atoms with Gasteiger partial charge in [-0.1, -0.05) is 12.1 Å². The first-order chi connectivity index (χ1) is 10.9. The highest BCUT2D eigenvalue weighted by Gasteiger charge is 2.23. The topological polar surface area (TPSA) is 74.2 Å². The maximum absolute atomic E-state index is 12.9. The number of aromatic nitrogens is 1. The molecule has 2 rings (SSSR count). The van der Waals surface area contributed by atoms with Crippen molar-refractivity contribution in [3.8, 4) is 0 Å². The van der Waals surface area contributed by atoms with Crippen molar-refractivity contribution in [1.82, 2.24) is 15.6 Å². The quantitative estimate of drug-likeness (QED) is 0.757. The maximum atomic E-state index is 12.9. The van der Waals surface area contributed by atoms with E-state index in [4.69, 9.17) is 0 Å². The van der Waals surface area contributed by atoms with E-state index < -0.39 is 5.60 Å². The third-order valence-corrected chi connectivity index (χ3v) is 4.21. The lowest BCUT2D eigenvalue weighted by Gasteiger charge is -2.24. The van der Waals surface area contributed by atoms with Gasteiger partial charge in [0.25, 0.3) is 0 Å². The van der Waals surface area contributed by atoms with Gasteiger partial charge < -0.3 is 15.7 Å². The van der Waals surface area contributed by atoms with Gasteiger partial charge in [0.05, 0.1) is 17.2 Å². The summed E-state index contributed by atoms with van der Waals surface area (Å²) in [6.07, 6.45) is 0.659. The Labute approximate surface area is 138 Å². The van der Waals surface area contributed by atoms with Crippen LogP contribution in [-0.2, 0) is 12.0 Å². The Hall–Kier alpha value is -1.99. The van der Waals surface area contributed by atoms with E-state index in [2.05, 4.69) is 15.6 Å². The van der Waals surface area contributed by atoms with Crippen LogP contribution in [0.5, 0.6) is 0 Å². The predicted octanol–water partition coefficient (Wildman–Crippen LogP) is 2.34. The van der Waals surface area contributed by atoms with Crippen LogP contribution < -0.4 is 10.6 Å². The fourth-order valence-electron chi connectivity index (χ4n) is 2.05. The van der Waals surface area contributed by atoms with Crippen LogP contribution in [0.1, 0.15) is 23.2 Å². The number of aliphatic hydroxyl groups is 1. The standard InChI is InChI=1S/C16H20FN3O2S/c1-11-20-14(9-23-11)7-8-18-15(21)19-10-16(2,22)12-3-5-13(17)6-4-12/h3-6,9,22H,7-8,10H2,1-2H3,(H2,18,19,21). The van der Waals surface area contributed by atoms with Gasteiger partial charge in [0.2, 0.25) is 0 Å². The fourth-order valence-corrected chi connectivity index (χ4v) is 2.70. The van der Waals surface area contributed by atoms with Crippen LogP contribution in [0.3, 0.4) is 0 Å². The molecular weight excluding hydrogens is 317 g/mol. The van der Waals surface area contributed by atoms with Gasteiger partial charge in [-0.2, -0.15) is 0 Å². The second-order valence-electron chi connectivity index (χ2n) is 5.50. The van der Waals surface area contributed by atoms with Crippen LogP contribution >= 0.6 is 11.3 Å².